The second-order valence-corrected chi connectivity index (χ2v) is 5.76. The van der Waals surface area contributed by atoms with E-state index < -0.39 is 0 Å². The van der Waals surface area contributed by atoms with E-state index in [0.29, 0.717) is 28.4 Å². The van der Waals surface area contributed by atoms with Gasteiger partial charge >= 0.3 is 0 Å². The van der Waals surface area contributed by atoms with E-state index in [-0.39, 0.29) is 5.91 Å². The van der Waals surface area contributed by atoms with E-state index in [1.54, 1.807) is 22.8 Å². The van der Waals surface area contributed by atoms with Crippen LogP contribution in [0.1, 0.15) is 16.1 Å². The van der Waals surface area contributed by atoms with Gasteiger partial charge in [-0.3, -0.25) is 4.79 Å². The van der Waals surface area contributed by atoms with E-state index in [2.05, 4.69) is 15.4 Å². The Bertz CT molecular complexity index is 1070. The molecule has 128 valence electrons. The maximum Gasteiger partial charge on any atom is 0.261 e. The fourth-order valence-corrected chi connectivity index (χ4v) is 2.58. The maximum atomic E-state index is 12.7. The predicted octanol–water partition coefficient (Wildman–Crippen LogP) is 4.08. The van der Waals surface area contributed by atoms with Crippen LogP contribution in [0.5, 0.6) is 11.5 Å². The van der Waals surface area contributed by atoms with Crippen LogP contribution in [-0.4, -0.2) is 20.5 Å². The molecule has 6 heteroatoms. The molecule has 26 heavy (non-hydrogen) atoms. The zero-order valence-corrected chi connectivity index (χ0v) is 14.1. The van der Waals surface area contributed by atoms with Crippen LogP contribution in [0.4, 0.5) is 5.69 Å². The number of aromatic nitrogens is 3. The highest BCUT2D eigenvalue weighted by Crippen LogP contribution is 2.29. The summed E-state index contributed by atoms with van der Waals surface area (Å²) in [5.74, 6) is 0.970. The molecule has 0 radical (unpaired) electrons. The predicted molar refractivity (Wildman–Crippen MR) is 98.6 cm³/mol. The highest BCUT2D eigenvalue weighted by atomic mass is 16.5. The number of fused-ring (bicyclic) bond motifs is 1. The number of hydrogen-bond donors (Lipinski definition) is 1. The van der Waals surface area contributed by atoms with E-state index in [1.165, 1.54) is 6.20 Å². The molecular formula is C20H16N4O2. The van der Waals surface area contributed by atoms with Crippen LogP contribution in [0.15, 0.2) is 73.1 Å². The van der Waals surface area contributed by atoms with Gasteiger partial charge in [0.15, 0.2) is 11.4 Å². The molecule has 0 unspecified atom stereocenters. The van der Waals surface area contributed by atoms with Crippen molar-refractivity contribution in [2.45, 2.75) is 6.92 Å². The molecule has 0 aliphatic rings. The highest BCUT2D eigenvalue weighted by molar-refractivity contribution is 6.08. The van der Waals surface area contributed by atoms with Crippen molar-refractivity contribution in [3.05, 3.63) is 84.3 Å². The van der Waals surface area contributed by atoms with Crippen LogP contribution in [0.3, 0.4) is 0 Å². The topological polar surface area (TPSA) is 68.5 Å². The third-order valence-electron chi connectivity index (χ3n) is 3.86. The van der Waals surface area contributed by atoms with Gasteiger partial charge in [0.25, 0.3) is 5.91 Å². The van der Waals surface area contributed by atoms with E-state index in [1.807, 2.05) is 55.5 Å². The molecule has 4 aromatic rings. The number of anilines is 1. The van der Waals surface area contributed by atoms with Gasteiger partial charge in [-0.1, -0.05) is 30.3 Å². The van der Waals surface area contributed by atoms with Crippen molar-refractivity contribution >= 4 is 17.2 Å². The van der Waals surface area contributed by atoms with Gasteiger partial charge in [0.2, 0.25) is 0 Å². The Morgan fingerprint density at radius 2 is 1.81 bits per heavy atom. The third-order valence-corrected chi connectivity index (χ3v) is 3.86. The molecule has 0 bridgehead atoms. The summed E-state index contributed by atoms with van der Waals surface area (Å²) in [4.78, 5) is 17.1. The molecule has 0 saturated heterocycles. The molecule has 6 nitrogen and oxygen atoms in total. The lowest BCUT2D eigenvalue weighted by Crippen LogP contribution is -2.12. The number of amides is 1. The summed E-state index contributed by atoms with van der Waals surface area (Å²) in [6.45, 7) is 1.87. The van der Waals surface area contributed by atoms with Crippen molar-refractivity contribution in [2.75, 3.05) is 5.32 Å². The number of carbonyl (C=O) groups is 1. The SMILES string of the molecule is Cc1ccn2ncc(C(=O)Nc3ccccc3Oc3ccccc3)c2n1. The Morgan fingerprint density at radius 1 is 1.04 bits per heavy atom. The average Bonchev–Trinajstić information content (AvgIpc) is 3.07. The number of benzene rings is 2. The summed E-state index contributed by atoms with van der Waals surface area (Å²) in [7, 11) is 0. The summed E-state index contributed by atoms with van der Waals surface area (Å²) in [5.41, 5.74) is 2.32. The van der Waals surface area contributed by atoms with Gasteiger partial charge in [0.1, 0.15) is 11.3 Å². The first-order chi connectivity index (χ1) is 12.7. The molecule has 2 aromatic heterocycles. The summed E-state index contributed by atoms with van der Waals surface area (Å²) >= 11 is 0. The lowest BCUT2D eigenvalue weighted by Gasteiger charge is -2.11. The lowest BCUT2D eigenvalue weighted by atomic mass is 10.2. The minimum Gasteiger partial charge on any atom is -0.455 e. The lowest BCUT2D eigenvalue weighted by molar-refractivity contribution is 0.102. The zero-order valence-electron chi connectivity index (χ0n) is 14.1. The number of para-hydroxylation sites is 3. The first-order valence-electron chi connectivity index (χ1n) is 8.15. The van der Waals surface area contributed by atoms with Gasteiger partial charge in [-0.05, 0) is 37.3 Å². The summed E-state index contributed by atoms with van der Waals surface area (Å²) < 4.78 is 7.46. The van der Waals surface area contributed by atoms with Gasteiger partial charge in [-0.15, -0.1) is 0 Å². The number of aryl methyl sites for hydroxylation is 1. The van der Waals surface area contributed by atoms with Crippen LogP contribution in [0, 0.1) is 6.92 Å². The highest BCUT2D eigenvalue weighted by Gasteiger charge is 2.16. The molecule has 1 amide bonds. The molecular weight excluding hydrogens is 328 g/mol. The first kappa shape index (κ1) is 15.8. The number of hydrogen-bond acceptors (Lipinski definition) is 4. The van der Waals surface area contributed by atoms with Gasteiger partial charge in [0.05, 0.1) is 11.9 Å². The minimum atomic E-state index is -0.290. The second kappa shape index (κ2) is 6.68. The Kier molecular flexibility index (Phi) is 4.07. The van der Waals surface area contributed by atoms with Crippen LogP contribution in [-0.2, 0) is 0 Å². The monoisotopic (exact) mass is 344 g/mol. The van der Waals surface area contributed by atoms with Crippen molar-refractivity contribution < 1.29 is 9.53 Å². The van der Waals surface area contributed by atoms with Crippen molar-refractivity contribution in [3.63, 3.8) is 0 Å². The van der Waals surface area contributed by atoms with E-state index >= 15 is 0 Å². The third kappa shape index (κ3) is 3.12. The first-order valence-corrected chi connectivity index (χ1v) is 8.15. The van der Waals surface area contributed by atoms with Crippen molar-refractivity contribution in [3.8, 4) is 11.5 Å². The molecule has 4 rings (SSSR count). The van der Waals surface area contributed by atoms with Gasteiger partial charge in [0, 0.05) is 11.9 Å². The summed E-state index contributed by atoms with van der Waals surface area (Å²) in [6, 6.07) is 18.5. The number of carbonyl (C=O) groups excluding carboxylic acids is 1. The van der Waals surface area contributed by atoms with E-state index in [0.717, 1.165) is 5.69 Å². The molecule has 1 N–H and O–H groups in total. The fourth-order valence-electron chi connectivity index (χ4n) is 2.58. The van der Waals surface area contributed by atoms with Gasteiger partial charge in [-0.2, -0.15) is 5.10 Å². The van der Waals surface area contributed by atoms with Crippen LogP contribution in [0.2, 0.25) is 0 Å². The fraction of sp³-hybridized carbons (Fsp3) is 0.0500. The summed E-state index contributed by atoms with van der Waals surface area (Å²) in [5, 5.41) is 7.06. The van der Waals surface area contributed by atoms with E-state index in [4.69, 9.17) is 4.74 Å². The molecule has 0 aliphatic heterocycles. The standard InChI is InChI=1S/C20H16N4O2/c1-14-11-12-24-19(22-14)16(13-21-24)20(25)23-17-9-5-6-10-18(17)26-15-7-3-2-4-8-15/h2-13H,1H3,(H,23,25). The molecule has 0 saturated carbocycles. The van der Waals surface area contributed by atoms with Crippen LogP contribution < -0.4 is 10.1 Å². The normalized spacial score (nSPS) is 10.7. The maximum absolute atomic E-state index is 12.7. The largest absolute Gasteiger partial charge is 0.455 e. The number of nitrogens with one attached hydrogen (secondary N) is 1. The number of rotatable bonds is 4. The smallest absolute Gasteiger partial charge is 0.261 e. The Hall–Kier alpha value is -3.67. The van der Waals surface area contributed by atoms with Crippen molar-refractivity contribution in [1.82, 2.24) is 14.6 Å². The van der Waals surface area contributed by atoms with Gasteiger partial charge < -0.3 is 10.1 Å². The zero-order chi connectivity index (χ0) is 17.9. The van der Waals surface area contributed by atoms with Crippen LogP contribution >= 0.6 is 0 Å². The van der Waals surface area contributed by atoms with Gasteiger partial charge in [-0.25, -0.2) is 9.50 Å². The summed E-state index contributed by atoms with van der Waals surface area (Å²) in [6.07, 6.45) is 3.29. The number of nitrogens with zero attached hydrogens (tertiary/aromatic N) is 3. The molecule has 2 aromatic carbocycles. The number of ether oxygens (including phenoxy) is 1. The molecule has 0 fully saturated rings. The average molecular weight is 344 g/mol. The van der Waals surface area contributed by atoms with E-state index in [9.17, 15) is 4.79 Å². The van der Waals surface area contributed by atoms with Crippen molar-refractivity contribution in [1.29, 1.82) is 0 Å². The minimum absolute atomic E-state index is 0.290. The molecule has 0 spiro atoms. The Morgan fingerprint density at radius 3 is 2.65 bits per heavy atom. The quantitative estimate of drug-likeness (QED) is 0.606. The molecule has 0 aliphatic carbocycles. The Balaban J connectivity index is 1.62. The van der Waals surface area contributed by atoms with Crippen molar-refractivity contribution in [2.24, 2.45) is 0 Å². The van der Waals surface area contributed by atoms with Crippen LogP contribution in [0.25, 0.3) is 5.65 Å². The Labute approximate surface area is 150 Å². The second-order valence-electron chi connectivity index (χ2n) is 5.76. The molecule has 0 atom stereocenters. The molecule has 2 heterocycles.